The highest BCUT2D eigenvalue weighted by Crippen LogP contribution is 2.23. The average molecular weight is 371 g/mol. The van der Waals surface area contributed by atoms with Crippen LogP contribution in [0.15, 0.2) is 79.0 Å². The van der Waals surface area contributed by atoms with Gasteiger partial charge >= 0.3 is 0 Å². The van der Waals surface area contributed by atoms with Crippen molar-refractivity contribution in [3.05, 3.63) is 90.3 Å². The van der Waals surface area contributed by atoms with E-state index in [9.17, 15) is 4.79 Å². The van der Waals surface area contributed by atoms with Gasteiger partial charge in [-0.05, 0) is 49.1 Å². The van der Waals surface area contributed by atoms with Gasteiger partial charge in [0.15, 0.2) is 0 Å². The zero-order chi connectivity index (χ0) is 19.2. The highest BCUT2D eigenvalue weighted by atomic mass is 16.2. The molecule has 4 rings (SSSR count). The second-order valence-corrected chi connectivity index (χ2v) is 7.16. The summed E-state index contributed by atoms with van der Waals surface area (Å²) >= 11 is 0. The maximum Gasteiger partial charge on any atom is 0.277 e. The maximum absolute atomic E-state index is 13.4. The molecular formula is C24H25N3O. The van der Waals surface area contributed by atoms with E-state index in [-0.39, 0.29) is 5.91 Å². The van der Waals surface area contributed by atoms with Gasteiger partial charge in [0.05, 0.1) is 6.54 Å². The van der Waals surface area contributed by atoms with Crippen LogP contribution >= 0.6 is 0 Å². The molecule has 0 saturated carbocycles. The second-order valence-electron chi connectivity index (χ2n) is 7.16. The number of piperidine rings is 1. The number of aromatic nitrogens is 1. The summed E-state index contributed by atoms with van der Waals surface area (Å²) in [6, 6.07) is 23.8. The van der Waals surface area contributed by atoms with Gasteiger partial charge in [0.1, 0.15) is 5.69 Å². The molecule has 1 aliphatic rings. The van der Waals surface area contributed by atoms with Gasteiger partial charge in [0.2, 0.25) is 0 Å². The van der Waals surface area contributed by atoms with E-state index in [4.69, 9.17) is 0 Å². The second kappa shape index (κ2) is 8.70. The molecule has 3 aromatic rings. The van der Waals surface area contributed by atoms with E-state index >= 15 is 0 Å². The van der Waals surface area contributed by atoms with E-state index in [1.165, 1.54) is 19.3 Å². The highest BCUT2D eigenvalue weighted by Gasteiger charge is 2.21. The van der Waals surface area contributed by atoms with E-state index in [0.29, 0.717) is 12.2 Å². The minimum absolute atomic E-state index is 0.0751. The van der Waals surface area contributed by atoms with Crippen LogP contribution in [0.4, 0.5) is 11.4 Å². The molecule has 0 radical (unpaired) electrons. The SMILES string of the molecule is O=C(c1cc(N2CCCCC2)ccn1)N(Cc1ccccc1)c1ccccc1. The number of amides is 1. The van der Waals surface area contributed by atoms with Crippen molar-refractivity contribution in [2.24, 2.45) is 0 Å². The minimum atomic E-state index is -0.0751. The lowest BCUT2D eigenvalue weighted by atomic mass is 10.1. The van der Waals surface area contributed by atoms with E-state index in [2.05, 4.69) is 9.88 Å². The lowest BCUT2D eigenvalue weighted by Crippen LogP contribution is -2.32. The van der Waals surface area contributed by atoms with Crippen molar-refractivity contribution in [3.63, 3.8) is 0 Å². The van der Waals surface area contributed by atoms with Crippen LogP contribution in [0.3, 0.4) is 0 Å². The fraction of sp³-hybridized carbons (Fsp3) is 0.250. The summed E-state index contributed by atoms with van der Waals surface area (Å²) in [5.74, 6) is -0.0751. The molecule has 0 unspecified atom stereocenters. The summed E-state index contributed by atoms with van der Waals surface area (Å²) in [6.07, 6.45) is 5.45. The summed E-state index contributed by atoms with van der Waals surface area (Å²) < 4.78 is 0. The lowest BCUT2D eigenvalue weighted by molar-refractivity contribution is 0.0980. The van der Waals surface area contributed by atoms with Gasteiger partial charge in [0.25, 0.3) is 5.91 Å². The summed E-state index contributed by atoms with van der Waals surface area (Å²) in [5, 5.41) is 0. The van der Waals surface area contributed by atoms with Crippen LogP contribution in [0.1, 0.15) is 35.3 Å². The summed E-state index contributed by atoms with van der Waals surface area (Å²) in [7, 11) is 0. The number of hydrogen-bond acceptors (Lipinski definition) is 3. The number of carbonyl (C=O) groups is 1. The molecule has 2 aromatic carbocycles. The van der Waals surface area contributed by atoms with Gasteiger partial charge < -0.3 is 9.80 Å². The molecule has 4 heteroatoms. The van der Waals surface area contributed by atoms with Gasteiger partial charge in [0, 0.05) is 30.7 Å². The van der Waals surface area contributed by atoms with E-state index in [0.717, 1.165) is 30.0 Å². The molecule has 1 aliphatic heterocycles. The van der Waals surface area contributed by atoms with E-state index in [1.54, 1.807) is 11.1 Å². The van der Waals surface area contributed by atoms with Crippen molar-refractivity contribution in [3.8, 4) is 0 Å². The van der Waals surface area contributed by atoms with Crippen LogP contribution in [-0.2, 0) is 6.54 Å². The Morgan fingerprint density at radius 3 is 2.29 bits per heavy atom. The quantitative estimate of drug-likeness (QED) is 0.639. The Hall–Kier alpha value is -3.14. The molecular weight excluding hydrogens is 346 g/mol. The molecule has 0 spiro atoms. The number of anilines is 2. The molecule has 0 bridgehead atoms. The average Bonchev–Trinajstić information content (AvgIpc) is 2.79. The zero-order valence-electron chi connectivity index (χ0n) is 16.0. The van der Waals surface area contributed by atoms with Crippen LogP contribution in [0, 0.1) is 0 Å². The first-order chi connectivity index (χ1) is 13.8. The van der Waals surface area contributed by atoms with Crippen LogP contribution in [0.25, 0.3) is 0 Å². The first-order valence-corrected chi connectivity index (χ1v) is 9.93. The Bertz CT molecular complexity index is 905. The number of para-hydroxylation sites is 1. The largest absolute Gasteiger partial charge is 0.371 e. The molecule has 0 N–H and O–H groups in total. The first-order valence-electron chi connectivity index (χ1n) is 9.93. The Balaban J connectivity index is 1.63. The van der Waals surface area contributed by atoms with E-state index < -0.39 is 0 Å². The standard InChI is InChI=1S/C24H25N3O/c28-24(23-18-22(14-15-25-23)26-16-8-3-9-17-26)27(21-12-6-2-7-13-21)19-20-10-4-1-5-11-20/h1-2,4-7,10-15,18H,3,8-9,16-17,19H2. The number of carbonyl (C=O) groups excluding carboxylic acids is 1. The summed E-state index contributed by atoms with van der Waals surface area (Å²) in [5.41, 5.74) is 3.54. The number of pyridine rings is 1. The minimum Gasteiger partial charge on any atom is -0.371 e. The van der Waals surface area contributed by atoms with Crippen LogP contribution in [-0.4, -0.2) is 24.0 Å². The molecule has 2 heterocycles. The smallest absolute Gasteiger partial charge is 0.277 e. The highest BCUT2D eigenvalue weighted by molar-refractivity contribution is 6.05. The molecule has 1 fully saturated rings. The molecule has 142 valence electrons. The van der Waals surface area contributed by atoms with E-state index in [1.807, 2.05) is 72.8 Å². The van der Waals surface area contributed by atoms with Gasteiger partial charge in [-0.15, -0.1) is 0 Å². The Morgan fingerprint density at radius 2 is 1.57 bits per heavy atom. The fourth-order valence-corrected chi connectivity index (χ4v) is 3.68. The normalized spacial score (nSPS) is 13.9. The van der Waals surface area contributed by atoms with Crippen molar-refractivity contribution in [1.82, 2.24) is 4.98 Å². The fourth-order valence-electron chi connectivity index (χ4n) is 3.68. The summed E-state index contributed by atoms with van der Waals surface area (Å²) in [6.45, 7) is 2.60. The predicted molar refractivity (Wildman–Crippen MR) is 114 cm³/mol. The zero-order valence-corrected chi connectivity index (χ0v) is 16.0. The molecule has 0 aliphatic carbocycles. The number of benzene rings is 2. The summed E-state index contributed by atoms with van der Waals surface area (Å²) in [4.78, 5) is 22.0. The molecule has 1 saturated heterocycles. The predicted octanol–water partition coefficient (Wildman–Crippen LogP) is 4.92. The molecule has 28 heavy (non-hydrogen) atoms. The molecule has 0 atom stereocenters. The third kappa shape index (κ3) is 4.22. The van der Waals surface area contributed by atoms with Crippen molar-refractivity contribution < 1.29 is 4.79 Å². The number of hydrogen-bond donors (Lipinski definition) is 0. The van der Waals surface area contributed by atoms with Gasteiger partial charge in [-0.3, -0.25) is 9.78 Å². The molecule has 4 nitrogen and oxygen atoms in total. The third-order valence-corrected chi connectivity index (χ3v) is 5.18. The molecule has 1 aromatic heterocycles. The van der Waals surface area contributed by atoms with Gasteiger partial charge in [-0.25, -0.2) is 0 Å². The molecule has 1 amide bonds. The van der Waals surface area contributed by atoms with Crippen LogP contribution < -0.4 is 9.80 Å². The van der Waals surface area contributed by atoms with Gasteiger partial charge in [-0.2, -0.15) is 0 Å². The Morgan fingerprint density at radius 1 is 0.893 bits per heavy atom. The number of nitrogens with zero attached hydrogens (tertiary/aromatic N) is 3. The Kier molecular flexibility index (Phi) is 5.66. The van der Waals surface area contributed by atoms with Gasteiger partial charge in [-0.1, -0.05) is 48.5 Å². The van der Waals surface area contributed by atoms with Crippen molar-refractivity contribution in [2.45, 2.75) is 25.8 Å². The van der Waals surface area contributed by atoms with Crippen molar-refractivity contribution >= 4 is 17.3 Å². The monoisotopic (exact) mass is 371 g/mol. The topological polar surface area (TPSA) is 36.4 Å². The first kappa shape index (κ1) is 18.2. The maximum atomic E-state index is 13.4. The van der Waals surface area contributed by atoms with Crippen LogP contribution in [0.2, 0.25) is 0 Å². The van der Waals surface area contributed by atoms with Crippen LogP contribution in [0.5, 0.6) is 0 Å². The lowest BCUT2D eigenvalue weighted by Gasteiger charge is -2.29. The Labute approximate surface area is 166 Å². The third-order valence-electron chi connectivity index (χ3n) is 5.18. The number of rotatable bonds is 5. The van der Waals surface area contributed by atoms with Crippen molar-refractivity contribution in [2.75, 3.05) is 22.9 Å². The van der Waals surface area contributed by atoms with Crippen molar-refractivity contribution in [1.29, 1.82) is 0 Å².